The molecule has 1 aliphatic heterocycles. The highest BCUT2D eigenvalue weighted by Crippen LogP contribution is 2.27. The Labute approximate surface area is 134 Å². The maximum Gasteiger partial charge on any atom is 0.0320 e. The first-order valence-electron chi connectivity index (χ1n) is 8.21. The fourth-order valence-electron chi connectivity index (χ4n) is 3.11. The van der Waals surface area contributed by atoms with Crippen LogP contribution in [0.2, 0.25) is 0 Å². The summed E-state index contributed by atoms with van der Waals surface area (Å²) in [5, 5.41) is 3.60. The standard InChI is InChI=1S/C18H30N2S/c1-14(2)19-12-16-6-5-11-20(13-16)15(3)17-7-9-18(21-4)10-8-17/h7-10,14-16,19H,5-6,11-13H2,1-4H3. The second-order valence-corrected chi connectivity index (χ2v) is 7.39. The molecule has 1 N–H and O–H groups in total. The van der Waals surface area contributed by atoms with Crippen LogP contribution >= 0.6 is 11.8 Å². The van der Waals surface area contributed by atoms with Gasteiger partial charge in [0.25, 0.3) is 0 Å². The average molecular weight is 307 g/mol. The quantitative estimate of drug-likeness (QED) is 0.794. The third-order valence-electron chi connectivity index (χ3n) is 4.51. The number of piperidine rings is 1. The van der Waals surface area contributed by atoms with E-state index in [0.29, 0.717) is 12.1 Å². The van der Waals surface area contributed by atoms with Gasteiger partial charge >= 0.3 is 0 Å². The van der Waals surface area contributed by atoms with Crippen LogP contribution in [0.15, 0.2) is 29.2 Å². The number of likely N-dealkylation sites (tertiary alicyclic amines) is 1. The molecule has 1 saturated heterocycles. The van der Waals surface area contributed by atoms with Gasteiger partial charge in [-0.3, -0.25) is 4.90 Å². The van der Waals surface area contributed by atoms with Crippen LogP contribution in [-0.2, 0) is 0 Å². The Bertz CT molecular complexity index is 416. The highest BCUT2D eigenvalue weighted by atomic mass is 32.2. The molecule has 0 aromatic heterocycles. The van der Waals surface area contributed by atoms with Gasteiger partial charge in [-0.15, -0.1) is 11.8 Å². The second-order valence-electron chi connectivity index (χ2n) is 6.52. The molecule has 0 amide bonds. The van der Waals surface area contributed by atoms with Crippen LogP contribution in [0.3, 0.4) is 0 Å². The minimum absolute atomic E-state index is 0.530. The number of nitrogens with one attached hydrogen (secondary N) is 1. The van der Waals surface area contributed by atoms with Crippen LogP contribution in [0.25, 0.3) is 0 Å². The first kappa shape index (κ1) is 16.9. The van der Waals surface area contributed by atoms with Gasteiger partial charge in [0.05, 0.1) is 0 Å². The third-order valence-corrected chi connectivity index (χ3v) is 5.25. The van der Waals surface area contributed by atoms with Crippen LogP contribution in [0.1, 0.15) is 45.2 Å². The largest absolute Gasteiger partial charge is 0.314 e. The Morgan fingerprint density at radius 1 is 1.24 bits per heavy atom. The zero-order valence-corrected chi connectivity index (χ0v) is 14.7. The maximum absolute atomic E-state index is 3.60. The molecule has 3 heteroatoms. The summed E-state index contributed by atoms with van der Waals surface area (Å²) >= 11 is 1.81. The predicted molar refractivity (Wildman–Crippen MR) is 94.1 cm³/mol. The van der Waals surface area contributed by atoms with Crippen LogP contribution in [0, 0.1) is 5.92 Å². The molecular weight excluding hydrogens is 276 g/mol. The molecule has 2 atom stereocenters. The fraction of sp³-hybridized carbons (Fsp3) is 0.667. The van der Waals surface area contributed by atoms with Crippen molar-refractivity contribution in [3.63, 3.8) is 0 Å². The van der Waals surface area contributed by atoms with Crippen LogP contribution in [-0.4, -0.2) is 36.8 Å². The van der Waals surface area contributed by atoms with Crippen molar-refractivity contribution in [2.24, 2.45) is 5.92 Å². The second kappa shape index (κ2) is 8.21. The summed E-state index contributed by atoms with van der Waals surface area (Å²) in [6.07, 6.45) is 4.83. The van der Waals surface area contributed by atoms with Crippen molar-refractivity contribution in [3.8, 4) is 0 Å². The summed E-state index contributed by atoms with van der Waals surface area (Å²) in [6, 6.07) is 10.2. The molecule has 0 saturated carbocycles. The van der Waals surface area contributed by atoms with E-state index in [1.807, 2.05) is 11.8 Å². The van der Waals surface area contributed by atoms with E-state index in [4.69, 9.17) is 0 Å². The molecule has 0 radical (unpaired) electrons. The molecule has 2 nitrogen and oxygen atoms in total. The molecule has 21 heavy (non-hydrogen) atoms. The monoisotopic (exact) mass is 306 g/mol. The van der Waals surface area contributed by atoms with E-state index >= 15 is 0 Å². The van der Waals surface area contributed by atoms with E-state index in [1.165, 1.54) is 36.4 Å². The SMILES string of the molecule is CSc1ccc(C(C)N2CCCC(CNC(C)C)C2)cc1. The number of nitrogens with zero attached hydrogens (tertiary/aromatic N) is 1. The molecule has 0 aliphatic carbocycles. The normalized spacial score (nSPS) is 21.7. The minimum Gasteiger partial charge on any atom is -0.314 e. The van der Waals surface area contributed by atoms with Crippen molar-refractivity contribution >= 4 is 11.8 Å². The third kappa shape index (κ3) is 5.01. The van der Waals surface area contributed by atoms with Crippen LogP contribution in [0.5, 0.6) is 0 Å². The van der Waals surface area contributed by atoms with E-state index in [0.717, 1.165) is 12.5 Å². The van der Waals surface area contributed by atoms with Gasteiger partial charge in [0.1, 0.15) is 0 Å². The first-order chi connectivity index (χ1) is 10.1. The summed E-state index contributed by atoms with van der Waals surface area (Å²) in [5.74, 6) is 0.800. The minimum atomic E-state index is 0.530. The van der Waals surface area contributed by atoms with Gasteiger partial charge in [0.15, 0.2) is 0 Å². The molecule has 1 aromatic rings. The topological polar surface area (TPSA) is 15.3 Å². The maximum atomic E-state index is 3.60. The molecule has 1 fully saturated rings. The lowest BCUT2D eigenvalue weighted by Gasteiger charge is -2.37. The molecule has 0 spiro atoms. The number of hydrogen-bond acceptors (Lipinski definition) is 3. The average Bonchev–Trinajstić information content (AvgIpc) is 2.52. The number of rotatable bonds is 6. The van der Waals surface area contributed by atoms with Gasteiger partial charge in [-0.05, 0) is 62.7 Å². The van der Waals surface area contributed by atoms with E-state index < -0.39 is 0 Å². The summed E-state index contributed by atoms with van der Waals surface area (Å²) in [7, 11) is 0. The zero-order chi connectivity index (χ0) is 15.2. The Kier molecular flexibility index (Phi) is 6.59. The van der Waals surface area contributed by atoms with Crippen LogP contribution in [0.4, 0.5) is 0 Å². The number of benzene rings is 1. The predicted octanol–water partition coefficient (Wildman–Crippen LogP) is 4.18. The summed E-state index contributed by atoms with van der Waals surface area (Å²) in [4.78, 5) is 4.01. The highest BCUT2D eigenvalue weighted by molar-refractivity contribution is 7.98. The van der Waals surface area contributed by atoms with Crippen molar-refractivity contribution in [1.82, 2.24) is 10.2 Å². The summed E-state index contributed by atoms with van der Waals surface area (Å²) in [5.41, 5.74) is 1.45. The Morgan fingerprint density at radius 3 is 2.57 bits per heavy atom. The lowest BCUT2D eigenvalue weighted by Crippen LogP contribution is -2.41. The van der Waals surface area contributed by atoms with Gasteiger partial charge in [-0.1, -0.05) is 26.0 Å². The molecule has 1 aromatic carbocycles. The molecule has 1 aliphatic rings. The molecule has 0 bridgehead atoms. The Balaban J connectivity index is 1.92. The lowest BCUT2D eigenvalue weighted by molar-refractivity contribution is 0.129. The first-order valence-corrected chi connectivity index (χ1v) is 9.44. The summed E-state index contributed by atoms with van der Waals surface area (Å²) < 4.78 is 0. The Morgan fingerprint density at radius 2 is 1.95 bits per heavy atom. The Hall–Kier alpha value is -0.510. The van der Waals surface area contributed by atoms with Gasteiger partial charge < -0.3 is 5.32 Å². The van der Waals surface area contributed by atoms with E-state index in [-0.39, 0.29) is 0 Å². The molecular formula is C18H30N2S. The molecule has 2 rings (SSSR count). The number of hydrogen-bond donors (Lipinski definition) is 1. The smallest absolute Gasteiger partial charge is 0.0320 e. The lowest BCUT2D eigenvalue weighted by atomic mass is 9.95. The van der Waals surface area contributed by atoms with Crippen LogP contribution < -0.4 is 5.32 Å². The van der Waals surface area contributed by atoms with Crippen molar-refractivity contribution in [3.05, 3.63) is 29.8 Å². The van der Waals surface area contributed by atoms with Crippen molar-refractivity contribution in [1.29, 1.82) is 0 Å². The van der Waals surface area contributed by atoms with E-state index in [1.54, 1.807) is 0 Å². The van der Waals surface area contributed by atoms with Gasteiger partial charge in [-0.25, -0.2) is 0 Å². The van der Waals surface area contributed by atoms with Gasteiger partial charge in [-0.2, -0.15) is 0 Å². The van der Waals surface area contributed by atoms with Gasteiger partial charge in [0, 0.05) is 23.5 Å². The molecule has 2 unspecified atom stereocenters. The van der Waals surface area contributed by atoms with E-state index in [2.05, 4.69) is 61.5 Å². The molecule has 1 heterocycles. The zero-order valence-electron chi connectivity index (χ0n) is 13.9. The fourth-order valence-corrected chi connectivity index (χ4v) is 3.52. The highest BCUT2D eigenvalue weighted by Gasteiger charge is 2.24. The van der Waals surface area contributed by atoms with Crippen molar-refractivity contribution in [2.75, 3.05) is 25.9 Å². The van der Waals surface area contributed by atoms with Crippen molar-refractivity contribution in [2.45, 2.75) is 50.6 Å². The van der Waals surface area contributed by atoms with Crippen molar-refractivity contribution < 1.29 is 0 Å². The van der Waals surface area contributed by atoms with Gasteiger partial charge in [0.2, 0.25) is 0 Å². The summed E-state index contributed by atoms with van der Waals surface area (Å²) in [6.45, 7) is 10.4. The van der Waals surface area contributed by atoms with E-state index in [9.17, 15) is 0 Å². The molecule has 118 valence electrons. The number of thioether (sulfide) groups is 1.